The van der Waals surface area contributed by atoms with Gasteiger partial charge in [-0.05, 0) is 21.5 Å². The van der Waals surface area contributed by atoms with Gasteiger partial charge < -0.3 is 14.8 Å². The quantitative estimate of drug-likeness (QED) is 0.549. The summed E-state index contributed by atoms with van der Waals surface area (Å²) in [5, 5.41) is 2.85. The lowest BCUT2D eigenvalue weighted by Crippen LogP contribution is -2.27. The average molecular weight is 455 g/mol. The van der Waals surface area contributed by atoms with Gasteiger partial charge in [0.05, 0.1) is 21.1 Å². The zero-order valence-corrected chi connectivity index (χ0v) is 15.6. The second kappa shape index (κ2) is 7.36. The lowest BCUT2D eigenvalue weighted by molar-refractivity contribution is -0.118. The van der Waals surface area contributed by atoms with Gasteiger partial charge >= 0.3 is 0 Å². The van der Waals surface area contributed by atoms with Gasteiger partial charge in [0.2, 0.25) is 0 Å². The minimum Gasteiger partial charge on any atom is -0.488 e. The number of Topliss-reactive ketones (excluding diaryl/α,β-unsaturated/α-hetero) is 1. The fourth-order valence-electron chi connectivity index (χ4n) is 2.34. The maximum atomic E-state index is 12.3. The van der Waals surface area contributed by atoms with E-state index in [1.165, 1.54) is 0 Å². The number of halogens is 2. The van der Waals surface area contributed by atoms with Crippen molar-refractivity contribution in [1.29, 1.82) is 0 Å². The molecule has 0 bridgehead atoms. The van der Waals surface area contributed by atoms with E-state index < -0.39 is 0 Å². The minimum atomic E-state index is -0.268. The van der Waals surface area contributed by atoms with Crippen molar-refractivity contribution in [3.05, 3.63) is 52.0 Å². The number of amides is 1. The Morgan fingerprint density at radius 1 is 1.29 bits per heavy atom. The van der Waals surface area contributed by atoms with Crippen LogP contribution in [0.3, 0.4) is 0 Å². The number of ether oxygens (including phenoxy) is 2. The van der Waals surface area contributed by atoms with E-state index in [1.807, 2.05) is 30.3 Å². The van der Waals surface area contributed by atoms with Gasteiger partial charge in [0.1, 0.15) is 12.4 Å². The molecule has 3 rings (SSSR count). The van der Waals surface area contributed by atoms with Gasteiger partial charge in [0, 0.05) is 6.07 Å². The third kappa shape index (κ3) is 3.47. The third-order valence-electron chi connectivity index (χ3n) is 3.44. The normalized spacial score (nSPS) is 12.8. The standard InChI is InChI=1S/C17H13Br2NO4/c18-7-12(21)15-16(19)13(23-8-10-4-2-1-3-5-10)6-11-17(15)24-9-14(22)20-11/h1-6H,7-9H2,(H,20,22). The summed E-state index contributed by atoms with van der Waals surface area (Å²) >= 11 is 6.60. The predicted octanol–water partition coefficient (Wildman–Crippen LogP) is 3.94. The van der Waals surface area contributed by atoms with Crippen LogP contribution in [0.2, 0.25) is 0 Å². The summed E-state index contributed by atoms with van der Waals surface area (Å²) in [5.41, 5.74) is 1.78. The zero-order valence-electron chi connectivity index (χ0n) is 12.5. The molecule has 24 heavy (non-hydrogen) atoms. The summed E-state index contributed by atoms with van der Waals surface area (Å²) < 4.78 is 11.8. The van der Waals surface area contributed by atoms with Gasteiger partial charge in [-0.3, -0.25) is 9.59 Å². The Balaban J connectivity index is 1.98. The van der Waals surface area contributed by atoms with Crippen LogP contribution in [-0.4, -0.2) is 23.6 Å². The molecule has 1 heterocycles. The smallest absolute Gasteiger partial charge is 0.262 e. The van der Waals surface area contributed by atoms with Gasteiger partial charge in [0.25, 0.3) is 5.91 Å². The number of anilines is 1. The number of alkyl halides is 1. The van der Waals surface area contributed by atoms with Gasteiger partial charge in [-0.25, -0.2) is 0 Å². The Labute approximate surface area is 155 Å². The van der Waals surface area contributed by atoms with E-state index in [0.29, 0.717) is 33.8 Å². The molecule has 5 nitrogen and oxygen atoms in total. The molecule has 7 heteroatoms. The molecule has 1 amide bonds. The zero-order chi connectivity index (χ0) is 17.1. The second-order valence-electron chi connectivity index (χ2n) is 5.11. The number of benzene rings is 2. The largest absolute Gasteiger partial charge is 0.488 e. The van der Waals surface area contributed by atoms with Crippen molar-refractivity contribution in [2.75, 3.05) is 17.3 Å². The molecule has 0 fully saturated rings. The van der Waals surface area contributed by atoms with E-state index in [2.05, 4.69) is 37.2 Å². The van der Waals surface area contributed by atoms with Crippen molar-refractivity contribution in [2.24, 2.45) is 0 Å². The highest BCUT2D eigenvalue weighted by atomic mass is 79.9. The van der Waals surface area contributed by atoms with E-state index in [-0.39, 0.29) is 23.6 Å². The van der Waals surface area contributed by atoms with Crippen molar-refractivity contribution in [2.45, 2.75) is 6.61 Å². The van der Waals surface area contributed by atoms with E-state index in [4.69, 9.17) is 9.47 Å². The summed E-state index contributed by atoms with van der Waals surface area (Å²) in [6.45, 7) is 0.223. The van der Waals surface area contributed by atoms with Gasteiger partial charge in [0.15, 0.2) is 18.1 Å². The number of rotatable bonds is 5. The fourth-order valence-corrected chi connectivity index (χ4v) is 3.25. The summed E-state index contributed by atoms with van der Waals surface area (Å²) in [4.78, 5) is 23.9. The Morgan fingerprint density at radius 3 is 2.75 bits per heavy atom. The van der Waals surface area contributed by atoms with E-state index in [9.17, 15) is 9.59 Å². The third-order valence-corrected chi connectivity index (χ3v) is 4.74. The van der Waals surface area contributed by atoms with Crippen LogP contribution in [0.25, 0.3) is 0 Å². The highest BCUT2D eigenvalue weighted by molar-refractivity contribution is 9.10. The second-order valence-corrected chi connectivity index (χ2v) is 6.46. The maximum absolute atomic E-state index is 12.3. The molecule has 0 unspecified atom stereocenters. The lowest BCUT2D eigenvalue weighted by Gasteiger charge is -2.23. The van der Waals surface area contributed by atoms with Crippen molar-refractivity contribution in [3.8, 4) is 11.5 Å². The molecule has 2 aromatic carbocycles. The van der Waals surface area contributed by atoms with E-state index >= 15 is 0 Å². The highest BCUT2D eigenvalue weighted by Gasteiger charge is 2.27. The number of hydrogen-bond acceptors (Lipinski definition) is 4. The van der Waals surface area contributed by atoms with Crippen molar-refractivity contribution in [1.82, 2.24) is 0 Å². The Hall–Kier alpha value is -1.86. The number of carbonyl (C=O) groups is 2. The number of nitrogens with one attached hydrogen (secondary N) is 1. The van der Waals surface area contributed by atoms with Crippen molar-refractivity contribution >= 4 is 49.2 Å². The summed E-state index contributed by atoms with van der Waals surface area (Å²) in [5.74, 6) is 0.390. The van der Waals surface area contributed by atoms with Crippen LogP contribution in [0, 0.1) is 0 Å². The van der Waals surface area contributed by atoms with Crippen LogP contribution < -0.4 is 14.8 Å². The van der Waals surface area contributed by atoms with E-state index in [0.717, 1.165) is 5.56 Å². The molecule has 0 saturated carbocycles. The average Bonchev–Trinajstić information content (AvgIpc) is 2.60. The van der Waals surface area contributed by atoms with Gasteiger partial charge in [-0.15, -0.1) is 0 Å². The molecular formula is C17H13Br2NO4. The molecular weight excluding hydrogens is 442 g/mol. The first kappa shape index (κ1) is 17.0. The molecule has 0 saturated heterocycles. The van der Waals surface area contributed by atoms with Crippen LogP contribution in [-0.2, 0) is 11.4 Å². The lowest BCUT2D eigenvalue weighted by atomic mass is 10.1. The summed E-state index contributed by atoms with van der Waals surface area (Å²) in [6, 6.07) is 11.3. The van der Waals surface area contributed by atoms with Crippen LogP contribution >= 0.6 is 31.9 Å². The highest BCUT2D eigenvalue weighted by Crippen LogP contribution is 2.43. The van der Waals surface area contributed by atoms with Crippen LogP contribution in [0.4, 0.5) is 5.69 Å². The predicted molar refractivity (Wildman–Crippen MR) is 97.2 cm³/mol. The SMILES string of the molecule is O=C1COc2c(cc(OCc3ccccc3)c(Br)c2C(=O)CBr)N1. The topological polar surface area (TPSA) is 64.6 Å². The monoisotopic (exact) mass is 453 g/mol. The minimum absolute atomic E-state index is 0.119. The Morgan fingerprint density at radius 2 is 2.04 bits per heavy atom. The maximum Gasteiger partial charge on any atom is 0.262 e. The molecule has 0 aliphatic carbocycles. The molecule has 1 aliphatic rings. The molecule has 1 N–H and O–H groups in total. The van der Waals surface area contributed by atoms with Crippen LogP contribution in [0.5, 0.6) is 11.5 Å². The Kier molecular flexibility index (Phi) is 5.20. The first-order chi connectivity index (χ1) is 11.6. The molecule has 0 aromatic heterocycles. The number of hydrogen-bond donors (Lipinski definition) is 1. The summed E-state index contributed by atoms with van der Waals surface area (Å²) in [6.07, 6.45) is 0. The number of ketones is 1. The molecule has 0 atom stereocenters. The number of fused-ring (bicyclic) bond motifs is 1. The van der Waals surface area contributed by atoms with Crippen molar-refractivity contribution < 1.29 is 19.1 Å². The van der Waals surface area contributed by atoms with Gasteiger partial charge in [-0.2, -0.15) is 0 Å². The van der Waals surface area contributed by atoms with Crippen LogP contribution in [0.15, 0.2) is 40.9 Å². The number of carbonyl (C=O) groups excluding carboxylic acids is 2. The van der Waals surface area contributed by atoms with Crippen LogP contribution in [0.1, 0.15) is 15.9 Å². The fraction of sp³-hybridized carbons (Fsp3) is 0.176. The van der Waals surface area contributed by atoms with Crippen molar-refractivity contribution in [3.63, 3.8) is 0 Å². The van der Waals surface area contributed by atoms with E-state index in [1.54, 1.807) is 6.07 Å². The van der Waals surface area contributed by atoms with Gasteiger partial charge in [-0.1, -0.05) is 46.3 Å². The molecule has 2 aromatic rings. The first-order valence-electron chi connectivity index (χ1n) is 7.15. The Bertz CT molecular complexity index is 793. The first-order valence-corrected chi connectivity index (χ1v) is 9.06. The molecule has 0 spiro atoms. The summed E-state index contributed by atoms with van der Waals surface area (Å²) in [7, 11) is 0. The molecule has 124 valence electrons. The molecule has 0 radical (unpaired) electrons. The molecule has 1 aliphatic heterocycles.